The van der Waals surface area contributed by atoms with Gasteiger partial charge in [-0.15, -0.1) is 0 Å². The maximum atomic E-state index is 11.2. The Hall–Kier alpha value is -1.36. The molecule has 2 atom stereocenters. The van der Waals surface area contributed by atoms with E-state index in [0.29, 0.717) is 19.0 Å². The van der Waals surface area contributed by atoms with Crippen LogP contribution >= 0.6 is 0 Å². The van der Waals surface area contributed by atoms with Crippen LogP contribution in [0.3, 0.4) is 0 Å². The van der Waals surface area contributed by atoms with Crippen LogP contribution in [-0.4, -0.2) is 38.8 Å². The summed E-state index contributed by atoms with van der Waals surface area (Å²) in [5.41, 5.74) is 0.425. The molecule has 5 heteroatoms. The van der Waals surface area contributed by atoms with Gasteiger partial charge in [0.05, 0.1) is 11.1 Å². The molecule has 0 aliphatic carbocycles. The minimum atomic E-state index is -0.694. The summed E-state index contributed by atoms with van der Waals surface area (Å²) in [6, 6.07) is 2.44. The monoisotopic (exact) mass is 265 g/mol. The molecule has 1 saturated heterocycles. The summed E-state index contributed by atoms with van der Waals surface area (Å²) in [5.74, 6) is -0.694. The van der Waals surface area contributed by atoms with Crippen molar-refractivity contribution in [1.29, 1.82) is 0 Å². The van der Waals surface area contributed by atoms with Crippen molar-refractivity contribution >= 4 is 5.97 Å². The predicted molar refractivity (Wildman–Crippen MR) is 72.9 cm³/mol. The number of rotatable bonds is 5. The Balaban J connectivity index is 1.96. The fraction of sp³-hybridized carbons (Fsp3) is 0.714. The summed E-state index contributed by atoms with van der Waals surface area (Å²) in [6.07, 6.45) is 3.78. The van der Waals surface area contributed by atoms with Gasteiger partial charge in [-0.3, -0.25) is 14.4 Å². The second kappa shape index (κ2) is 5.33. The number of carboxylic acids is 1. The van der Waals surface area contributed by atoms with Crippen molar-refractivity contribution in [2.75, 3.05) is 13.1 Å². The van der Waals surface area contributed by atoms with Crippen LogP contribution in [-0.2, 0) is 11.3 Å². The number of likely N-dealkylation sites (tertiary alicyclic amines) is 1. The predicted octanol–water partition coefficient (Wildman–Crippen LogP) is 2.15. The zero-order chi connectivity index (χ0) is 14.0. The van der Waals surface area contributed by atoms with Gasteiger partial charge >= 0.3 is 5.97 Å². The SMILES string of the molecule is CCC(C)n1ccc(CN2CCC(C)(C(=O)O)C2)n1. The topological polar surface area (TPSA) is 58.4 Å². The Morgan fingerprint density at radius 2 is 2.37 bits per heavy atom. The van der Waals surface area contributed by atoms with Gasteiger partial charge in [-0.2, -0.15) is 5.10 Å². The lowest BCUT2D eigenvalue weighted by Crippen LogP contribution is -2.31. The van der Waals surface area contributed by atoms with Crippen LogP contribution in [0.4, 0.5) is 0 Å². The Kier molecular flexibility index (Phi) is 3.94. The third-order valence-corrected chi connectivity index (χ3v) is 4.16. The van der Waals surface area contributed by atoms with Crippen molar-refractivity contribution < 1.29 is 9.90 Å². The molecule has 19 heavy (non-hydrogen) atoms. The van der Waals surface area contributed by atoms with Crippen molar-refractivity contribution in [1.82, 2.24) is 14.7 Å². The number of carbonyl (C=O) groups is 1. The van der Waals surface area contributed by atoms with Crippen LogP contribution in [0.2, 0.25) is 0 Å². The minimum Gasteiger partial charge on any atom is -0.481 e. The van der Waals surface area contributed by atoms with E-state index in [4.69, 9.17) is 0 Å². The Morgan fingerprint density at radius 1 is 1.63 bits per heavy atom. The van der Waals surface area contributed by atoms with E-state index in [-0.39, 0.29) is 0 Å². The molecule has 2 rings (SSSR count). The Morgan fingerprint density at radius 3 is 2.95 bits per heavy atom. The van der Waals surface area contributed by atoms with Crippen LogP contribution in [0.1, 0.15) is 45.3 Å². The van der Waals surface area contributed by atoms with Crippen molar-refractivity contribution in [3.8, 4) is 0 Å². The lowest BCUT2D eigenvalue weighted by atomic mass is 9.90. The lowest BCUT2D eigenvalue weighted by molar-refractivity contribution is -0.147. The fourth-order valence-electron chi connectivity index (χ4n) is 2.49. The molecule has 1 aliphatic rings. The van der Waals surface area contributed by atoms with Crippen molar-refractivity contribution in [2.45, 2.75) is 46.2 Å². The average molecular weight is 265 g/mol. The van der Waals surface area contributed by atoms with Crippen LogP contribution in [0.5, 0.6) is 0 Å². The maximum Gasteiger partial charge on any atom is 0.310 e. The number of nitrogens with zero attached hydrogens (tertiary/aromatic N) is 3. The molecule has 1 aliphatic heterocycles. The third-order valence-electron chi connectivity index (χ3n) is 4.16. The van der Waals surface area contributed by atoms with Gasteiger partial charge in [0.1, 0.15) is 0 Å². The molecule has 0 radical (unpaired) electrons. The molecule has 0 aromatic carbocycles. The molecule has 5 nitrogen and oxygen atoms in total. The number of aliphatic carboxylic acids is 1. The minimum absolute atomic E-state index is 0.414. The van der Waals surface area contributed by atoms with Crippen molar-refractivity contribution in [3.63, 3.8) is 0 Å². The molecule has 0 amide bonds. The van der Waals surface area contributed by atoms with E-state index in [2.05, 4.69) is 23.8 Å². The zero-order valence-corrected chi connectivity index (χ0v) is 12.0. The first-order valence-corrected chi connectivity index (χ1v) is 6.94. The van der Waals surface area contributed by atoms with E-state index >= 15 is 0 Å². The van der Waals surface area contributed by atoms with Gasteiger partial charge in [0, 0.05) is 25.3 Å². The summed E-state index contributed by atoms with van der Waals surface area (Å²) in [5, 5.41) is 13.8. The average Bonchev–Trinajstić information content (AvgIpc) is 2.97. The van der Waals surface area contributed by atoms with Gasteiger partial charge in [-0.05, 0) is 39.3 Å². The fourth-order valence-corrected chi connectivity index (χ4v) is 2.49. The first-order chi connectivity index (χ1) is 8.94. The highest BCUT2D eigenvalue weighted by Gasteiger charge is 2.40. The van der Waals surface area contributed by atoms with Gasteiger partial charge in [0.2, 0.25) is 0 Å². The molecular weight excluding hydrogens is 242 g/mol. The number of carboxylic acid groups (broad SMARTS) is 1. The maximum absolute atomic E-state index is 11.2. The summed E-state index contributed by atoms with van der Waals surface area (Å²) < 4.78 is 1.99. The standard InChI is InChI=1S/C14H23N3O2/c1-4-11(2)17-7-5-12(15-17)9-16-8-6-14(3,10-16)13(18)19/h5,7,11H,4,6,8-10H2,1-3H3,(H,18,19). The van der Waals surface area contributed by atoms with E-state index in [1.165, 1.54) is 0 Å². The lowest BCUT2D eigenvalue weighted by Gasteiger charge is -2.19. The van der Waals surface area contributed by atoms with E-state index in [1.807, 2.05) is 23.9 Å². The van der Waals surface area contributed by atoms with Crippen LogP contribution in [0, 0.1) is 5.41 Å². The number of hydrogen-bond acceptors (Lipinski definition) is 3. The van der Waals surface area contributed by atoms with E-state index in [0.717, 1.165) is 25.2 Å². The molecule has 0 saturated carbocycles. The van der Waals surface area contributed by atoms with Crippen molar-refractivity contribution in [3.05, 3.63) is 18.0 Å². The summed E-state index contributed by atoms with van der Waals surface area (Å²) in [6.45, 7) is 8.30. The molecule has 2 unspecified atom stereocenters. The van der Waals surface area contributed by atoms with Gasteiger partial charge in [0.25, 0.3) is 0 Å². The van der Waals surface area contributed by atoms with E-state index < -0.39 is 11.4 Å². The van der Waals surface area contributed by atoms with Gasteiger partial charge < -0.3 is 5.11 Å². The smallest absolute Gasteiger partial charge is 0.310 e. The summed E-state index contributed by atoms with van der Waals surface area (Å²) in [4.78, 5) is 13.4. The first-order valence-electron chi connectivity index (χ1n) is 6.94. The number of hydrogen-bond donors (Lipinski definition) is 1. The molecule has 1 aromatic rings. The van der Waals surface area contributed by atoms with Crippen LogP contribution in [0.25, 0.3) is 0 Å². The highest BCUT2D eigenvalue weighted by molar-refractivity contribution is 5.74. The highest BCUT2D eigenvalue weighted by atomic mass is 16.4. The van der Waals surface area contributed by atoms with Gasteiger partial charge in [-0.1, -0.05) is 6.92 Å². The quantitative estimate of drug-likeness (QED) is 0.886. The van der Waals surface area contributed by atoms with Gasteiger partial charge in [-0.25, -0.2) is 0 Å². The zero-order valence-electron chi connectivity index (χ0n) is 12.0. The van der Waals surface area contributed by atoms with Gasteiger partial charge in [0.15, 0.2) is 0 Å². The van der Waals surface area contributed by atoms with E-state index in [1.54, 1.807) is 0 Å². The number of aromatic nitrogens is 2. The summed E-state index contributed by atoms with van der Waals surface area (Å²) >= 11 is 0. The van der Waals surface area contributed by atoms with E-state index in [9.17, 15) is 9.90 Å². The Labute approximate surface area is 114 Å². The second-order valence-electron chi connectivity index (χ2n) is 5.87. The molecule has 0 bridgehead atoms. The normalized spacial score (nSPS) is 25.6. The Bertz CT molecular complexity index is 457. The third kappa shape index (κ3) is 2.97. The largest absolute Gasteiger partial charge is 0.481 e. The first kappa shape index (κ1) is 14.1. The second-order valence-corrected chi connectivity index (χ2v) is 5.87. The van der Waals surface area contributed by atoms with Crippen molar-refractivity contribution in [2.24, 2.45) is 5.41 Å². The molecule has 1 aromatic heterocycles. The van der Waals surface area contributed by atoms with Crippen LogP contribution < -0.4 is 0 Å². The molecule has 0 spiro atoms. The molecular formula is C14H23N3O2. The molecule has 1 N–H and O–H groups in total. The summed E-state index contributed by atoms with van der Waals surface area (Å²) in [7, 11) is 0. The molecule has 106 valence electrons. The molecule has 2 heterocycles. The molecule has 1 fully saturated rings. The van der Waals surface area contributed by atoms with Crippen LogP contribution in [0.15, 0.2) is 12.3 Å². The highest BCUT2D eigenvalue weighted by Crippen LogP contribution is 2.30.